The van der Waals surface area contributed by atoms with E-state index in [-0.39, 0.29) is 11.5 Å². The van der Waals surface area contributed by atoms with Gasteiger partial charge in [-0.25, -0.2) is 0 Å². The van der Waals surface area contributed by atoms with Crippen LogP contribution >= 0.6 is 12.6 Å². The van der Waals surface area contributed by atoms with Crippen LogP contribution in [0.4, 0.5) is 0 Å². The Kier molecular flexibility index (Phi) is 4.99. The standard InChI is InChI=1S/C11H17NO3S/c1-2-5-9(13)10(14)12-7-4-3-6-8(12)11(15)16/h8H,2-7H2,1H3,(H,15,16). The fourth-order valence-corrected chi connectivity index (χ4v) is 2.19. The van der Waals surface area contributed by atoms with E-state index in [0.29, 0.717) is 19.4 Å². The van der Waals surface area contributed by atoms with Crippen LogP contribution < -0.4 is 0 Å². The molecule has 0 bridgehead atoms. The summed E-state index contributed by atoms with van der Waals surface area (Å²) in [6.07, 6.45) is 3.28. The molecule has 1 heterocycles. The Bertz CT molecular complexity index is 304. The summed E-state index contributed by atoms with van der Waals surface area (Å²) in [5, 5.41) is -0.322. The second kappa shape index (κ2) is 6.03. The Morgan fingerprint density at radius 3 is 2.56 bits per heavy atom. The van der Waals surface area contributed by atoms with Crippen molar-refractivity contribution in [3.05, 3.63) is 0 Å². The number of thiol groups is 1. The number of likely N-dealkylation sites (tertiary alicyclic amines) is 1. The van der Waals surface area contributed by atoms with Gasteiger partial charge in [-0.1, -0.05) is 6.92 Å². The van der Waals surface area contributed by atoms with E-state index < -0.39 is 17.7 Å². The van der Waals surface area contributed by atoms with Crippen molar-refractivity contribution in [3.63, 3.8) is 0 Å². The number of piperidine rings is 1. The third-order valence-corrected chi connectivity index (χ3v) is 3.06. The third-order valence-electron chi connectivity index (χ3n) is 2.76. The molecule has 0 aromatic carbocycles. The second-order valence-electron chi connectivity index (χ2n) is 4.02. The number of hydrogen-bond donors (Lipinski definition) is 1. The van der Waals surface area contributed by atoms with Crippen LogP contribution in [0.25, 0.3) is 0 Å². The maximum atomic E-state index is 11.8. The predicted molar refractivity (Wildman–Crippen MR) is 63.3 cm³/mol. The summed E-state index contributed by atoms with van der Waals surface area (Å²) in [7, 11) is 0. The van der Waals surface area contributed by atoms with Crippen molar-refractivity contribution >= 4 is 29.4 Å². The Hall–Kier alpha value is -0.840. The van der Waals surface area contributed by atoms with Crippen LogP contribution in [-0.2, 0) is 14.4 Å². The number of carbonyl (C=O) groups is 3. The van der Waals surface area contributed by atoms with Crippen LogP contribution in [-0.4, -0.2) is 34.3 Å². The molecule has 1 rings (SSSR count). The van der Waals surface area contributed by atoms with Crippen molar-refractivity contribution in [1.29, 1.82) is 0 Å². The van der Waals surface area contributed by atoms with E-state index in [2.05, 4.69) is 12.6 Å². The average Bonchev–Trinajstić information content (AvgIpc) is 2.28. The van der Waals surface area contributed by atoms with Gasteiger partial charge in [0.2, 0.25) is 10.9 Å². The highest BCUT2D eigenvalue weighted by Crippen LogP contribution is 2.19. The zero-order chi connectivity index (χ0) is 12.1. The lowest BCUT2D eigenvalue weighted by molar-refractivity contribution is -0.148. The maximum absolute atomic E-state index is 11.8. The Morgan fingerprint density at radius 1 is 1.31 bits per heavy atom. The summed E-state index contributed by atoms with van der Waals surface area (Å²) >= 11 is 3.77. The van der Waals surface area contributed by atoms with Crippen molar-refractivity contribution in [2.24, 2.45) is 0 Å². The highest BCUT2D eigenvalue weighted by atomic mass is 32.1. The van der Waals surface area contributed by atoms with Crippen LogP contribution in [0.1, 0.15) is 39.0 Å². The van der Waals surface area contributed by atoms with Gasteiger partial charge in [0.25, 0.3) is 5.91 Å². The lowest BCUT2D eigenvalue weighted by atomic mass is 10.0. The summed E-state index contributed by atoms with van der Waals surface area (Å²) in [6.45, 7) is 2.34. The first-order chi connectivity index (χ1) is 7.57. The number of amides is 1. The fraction of sp³-hybridized carbons (Fsp3) is 0.727. The number of rotatable bonds is 4. The minimum absolute atomic E-state index is 0.253. The first-order valence-electron chi connectivity index (χ1n) is 5.64. The normalized spacial score (nSPS) is 20.6. The summed E-state index contributed by atoms with van der Waals surface area (Å²) in [5.41, 5.74) is 0. The fourth-order valence-electron chi connectivity index (χ4n) is 1.93. The van der Waals surface area contributed by atoms with Crippen molar-refractivity contribution in [1.82, 2.24) is 4.90 Å². The molecule has 0 aromatic rings. The van der Waals surface area contributed by atoms with Gasteiger partial charge in [0.05, 0.1) is 0 Å². The zero-order valence-electron chi connectivity index (χ0n) is 9.44. The molecule has 0 spiro atoms. The van der Waals surface area contributed by atoms with E-state index in [1.807, 2.05) is 6.92 Å². The molecule has 0 radical (unpaired) electrons. The number of hydrogen-bond acceptors (Lipinski definition) is 3. The van der Waals surface area contributed by atoms with Crippen LogP contribution in [0.3, 0.4) is 0 Å². The molecule has 16 heavy (non-hydrogen) atoms. The molecule has 5 heteroatoms. The maximum Gasteiger partial charge on any atom is 0.290 e. The summed E-state index contributed by atoms with van der Waals surface area (Å²) in [6, 6.07) is -0.509. The zero-order valence-corrected chi connectivity index (χ0v) is 10.3. The average molecular weight is 243 g/mol. The van der Waals surface area contributed by atoms with E-state index in [9.17, 15) is 14.4 Å². The smallest absolute Gasteiger partial charge is 0.290 e. The second-order valence-corrected chi connectivity index (χ2v) is 4.46. The molecule has 1 amide bonds. The van der Waals surface area contributed by atoms with Crippen molar-refractivity contribution in [2.45, 2.75) is 45.1 Å². The molecule has 0 aliphatic carbocycles. The molecule has 1 aliphatic heterocycles. The summed E-state index contributed by atoms with van der Waals surface area (Å²) < 4.78 is 0. The largest absolute Gasteiger partial charge is 0.325 e. The lowest BCUT2D eigenvalue weighted by Gasteiger charge is -2.33. The topological polar surface area (TPSA) is 54.5 Å². The molecule has 0 N–H and O–H groups in total. The number of Topliss-reactive ketones (excluding diaryl/α,β-unsaturated/α-hetero) is 1. The highest BCUT2D eigenvalue weighted by molar-refractivity contribution is 7.96. The van der Waals surface area contributed by atoms with Crippen molar-refractivity contribution in [3.8, 4) is 0 Å². The predicted octanol–water partition coefficient (Wildman–Crippen LogP) is 1.19. The highest BCUT2D eigenvalue weighted by Gasteiger charge is 2.32. The monoisotopic (exact) mass is 243 g/mol. The Labute approximate surface area is 101 Å². The first kappa shape index (κ1) is 13.2. The van der Waals surface area contributed by atoms with E-state index in [0.717, 1.165) is 12.8 Å². The van der Waals surface area contributed by atoms with Gasteiger partial charge < -0.3 is 4.90 Å². The van der Waals surface area contributed by atoms with E-state index in [4.69, 9.17) is 0 Å². The molecule has 1 aliphatic rings. The molecule has 0 aromatic heterocycles. The van der Waals surface area contributed by atoms with Gasteiger partial charge in [-0.3, -0.25) is 14.4 Å². The SMILES string of the molecule is CCCC(=O)C(=O)N1CCCCC1C(=O)S. The van der Waals surface area contributed by atoms with Gasteiger partial charge in [0, 0.05) is 13.0 Å². The molecular formula is C11H17NO3S. The lowest BCUT2D eigenvalue weighted by Crippen LogP contribution is -2.49. The van der Waals surface area contributed by atoms with Crippen molar-refractivity contribution in [2.75, 3.05) is 6.54 Å². The quantitative estimate of drug-likeness (QED) is 0.596. The van der Waals surface area contributed by atoms with Crippen LogP contribution in [0.2, 0.25) is 0 Å². The minimum atomic E-state index is -0.519. The number of nitrogens with zero attached hydrogens (tertiary/aromatic N) is 1. The number of ketones is 1. The van der Waals surface area contributed by atoms with Crippen LogP contribution in [0, 0.1) is 0 Å². The van der Waals surface area contributed by atoms with Crippen LogP contribution in [0.15, 0.2) is 0 Å². The Balaban J connectivity index is 2.71. The molecule has 4 nitrogen and oxygen atoms in total. The minimum Gasteiger partial charge on any atom is -0.325 e. The van der Waals surface area contributed by atoms with Gasteiger partial charge in [-0.15, -0.1) is 12.6 Å². The molecular weight excluding hydrogens is 226 g/mol. The molecule has 90 valence electrons. The summed E-state index contributed by atoms with van der Waals surface area (Å²) in [5.74, 6) is -0.919. The molecule has 1 atom stereocenters. The van der Waals surface area contributed by atoms with Gasteiger partial charge in [0.15, 0.2) is 0 Å². The Morgan fingerprint density at radius 2 is 2.00 bits per heavy atom. The molecule has 0 saturated carbocycles. The third kappa shape index (κ3) is 3.07. The molecule has 1 unspecified atom stereocenters. The summed E-state index contributed by atoms with van der Waals surface area (Å²) in [4.78, 5) is 35.9. The van der Waals surface area contributed by atoms with E-state index in [1.165, 1.54) is 4.90 Å². The number of carbonyl (C=O) groups excluding carboxylic acids is 3. The first-order valence-corrected chi connectivity index (χ1v) is 6.09. The van der Waals surface area contributed by atoms with E-state index >= 15 is 0 Å². The van der Waals surface area contributed by atoms with Crippen molar-refractivity contribution < 1.29 is 14.4 Å². The molecule has 1 fully saturated rings. The van der Waals surface area contributed by atoms with Crippen LogP contribution in [0.5, 0.6) is 0 Å². The van der Waals surface area contributed by atoms with Gasteiger partial charge in [-0.2, -0.15) is 0 Å². The van der Waals surface area contributed by atoms with E-state index in [1.54, 1.807) is 0 Å². The van der Waals surface area contributed by atoms with Gasteiger partial charge in [0.1, 0.15) is 6.04 Å². The van der Waals surface area contributed by atoms with Gasteiger partial charge >= 0.3 is 0 Å². The molecule has 1 saturated heterocycles. The van der Waals surface area contributed by atoms with Gasteiger partial charge in [-0.05, 0) is 25.7 Å².